The summed E-state index contributed by atoms with van der Waals surface area (Å²) in [7, 11) is 0. The van der Waals surface area contributed by atoms with Crippen molar-refractivity contribution in [3.8, 4) is 0 Å². The van der Waals surface area contributed by atoms with Crippen LogP contribution in [0.4, 0.5) is 0 Å². The Balaban J connectivity index is 0. The Morgan fingerprint density at radius 1 is 1.62 bits per heavy atom. The zero-order valence-corrected chi connectivity index (χ0v) is 12.7. The molecule has 0 saturated heterocycles. The molecule has 1 heterocycles. The summed E-state index contributed by atoms with van der Waals surface area (Å²) in [5.74, 6) is -0.505. The fourth-order valence-electron chi connectivity index (χ4n) is 0.582. The Bertz CT molecular complexity index is 311. The van der Waals surface area contributed by atoms with E-state index in [1.54, 1.807) is 6.92 Å². The monoisotopic (exact) mass is 219 g/mol. The number of hydrogen-bond donors (Lipinski definition) is 2. The summed E-state index contributed by atoms with van der Waals surface area (Å²) in [5.41, 5.74) is 0.127. The van der Waals surface area contributed by atoms with Crippen LogP contribution in [0.1, 0.15) is 17.4 Å². The summed E-state index contributed by atoms with van der Waals surface area (Å²) in [6, 6.07) is 0. The van der Waals surface area contributed by atoms with E-state index < -0.39 is 5.97 Å². The van der Waals surface area contributed by atoms with Gasteiger partial charge < -0.3 is 4.74 Å². The van der Waals surface area contributed by atoms with E-state index in [9.17, 15) is 4.79 Å². The van der Waals surface area contributed by atoms with Crippen LogP contribution < -0.4 is 0 Å². The second kappa shape index (κ2) is 8.16. The number of ether oxygens (including phenoxy) is 1. The molecule has 5 nitrogen and oxygen atoms in total. The molecule has 0 atom stereocenters. The summed E-state index contributed by atoms with van der Waals surface area (Å²) in [6.07, 6.45) is 0. The molecule has 0 aromatic carbocycles. The molecule has 0 bridgehead atoms. The second-order valence-corrected chi connectivity index (χ2v) is 2.16. The van der Waals surface area contributed by atoms with Crippen molar-refractivity contribution < 1.29 is 9.53 Å². The van der Waals surface area contributed by atoms with Crippen LogP contribution in [0.2, 0.25) is 0 Å². The van der Waals surface area contributed by atoms with Gasteiger partial charge in [0.2, 0.25) is 5.69 Å². The quantitative estimate of drug-likeness (QED) is 0.413. The van der Waals surface area contributed by atoms with Gasteiger partial charge in [-0.15, -0.1) is 5.10 Å². The van der Waals surface area contributed by atoms with Crippen molar-refractivity contribution >= 4 is 77.3 Å². The molecule has 0 saturated carbocycles. The van der Waals surface area contributed by atoms with Crippen LogP contribution in [0.25, 0.3) is 0 Å². The third kappa shape index (κ3) is 4.73. The van der Waals surface area contributed by atoms with Gasteiger partial charge in [-0.2, -0.15) is 0 Å². The molecule has 0 aliphatic carbocycles. The first-order valence-corrected chi connectivity index (χ1v) is 3.46. The van der Waals surface area contributed by atoms with Crippen LogP contribution in [0.5, 0.6) is 0 Å². The molecule has 1 aromatic heterocycles. The normalized spacial score (nSPS) is 8.08. The predicted octanol–water partition coefficient (Wildman–Crippen LogP) is -0.118. The molecular formula is C5H7N3Na2O2S. The van der Waals surface area contributed by atoms with E-state index in [0.29, 0.717) is 6.61 Å². The minimum Gasteiger partial charge on any atom is -0.461 e. The molecule has 1 rings (SSSR count). The molecule has 0 aliphatic heterocycles. The summed E-state index contributed by atoms with van der Waals surface area (Å²) in [6.45, 7) is 2.04. The molecule has 1 aromatic rings. The molecule has 13 heavy (non-hydrogen) atoms. The second-order valence-electron chi connectivity index (χ2n) is 1.75. The molecule has 2 N–H and O–H groups in total. The number of carbonyl (C=O) groups excluding carboxylic acids is 1. The Kier molecular flexibility index (Phi) is 10.2. The van der Waals surface area contributed by atoms with Gasteiger partial charge >= 0.3 is 5.97 Å². The summed E-state index contributed by atoms with van der Waals surface area (Å²) in [4.78, 5) is 10.9. The maximum absolute atomic E-state index is 10.9. The van der Waals surface area contributed by atoms with E-state index >= 15 is 0 Å². The average Bonchev–Trinajstić information content (AvgIpc) is 2.36. The summed E-state index contributed by atoms with van der Waals surface area (Å²) in [5, 5.41) is 8.42. The summed E-state index contributed by atoms with van der Waals surface area (Å²) >= 11 is 4.73. The molecular weight excluding hydrogens is 212 g/mol. The predicted molar refractivity (Wildman–Crippen MR) is 51.2 cm³/mol. The minimum absolute atomic E-state index is 0. The first-order chi connectivity index (χ1) is 5.25. The van der Waals surface area contributed by atoms with Crippen LogP contribution in [0.3, 0.4) is 0 Å². The van der Waals surface area contributed by atoms with Crippen molar-refractivity contribution in [2.24, 2.45) is 0 Å². The third-order valence-corrected chi connectivity index (χ3v) is 1.32. The van der Waals surface area contributed by atoms with Crippen LogP contribution in [-0.4, -0.2) is 87.1 Å². The molecule has 0 aliphatic rings. The standard InChI is InChI=1S/C5H7N3O2S.2Na/c1-2-10-5(9)3-4(11)7-8-6-3;;/h2H2,1H3,(H2,6,7,8,11);;. The molecule has 0 spiro atoms. The number of carbonyl (C=O) groups is 1. The van der Waals surface area contributed by atoms with Crippen molar-refractivity contribution in [2.45, 2.75) is 6.92 Å². The van der Waals surface area contributed by atoms with E-state index in [1.807, 2.05) is 0 Å². The minimum atomic E-state index is -0.505. The van der Waals surface area contributed by atoms with Crippen molar-refractivity contribution in [3.05, 3.63) is 10.3 Å². The van der Waals surface area contributed by atoms with Crippen LogP contribution in [-0.2, 0) is 4.74 Å². The zero-order chi connectivity index (χ0) is 8.27. The number of hydrogen-bond acceptors (Lipinski definition) is 4. The molecule has 0 fully saturated rings. The van der Waals surface area contributed by atoms with Gasteiger partial charge in [-0.05, 0) is 6.92 Å². The van der Waals surface area contributed by atoms with Crippen molar-refractivity contribution in [1.82, 2.24) is 15.4 Å². The van der Waals surface area contributed by atoms with Gasteiger partial charge in [0.05, 0.1) is 6.61 Å². The third-order valence-electron chi connectivity index (χ3n) is 1.02. The number of aromatic amines is 2. The van der Waals surface area contributed by atoms with Gasteiger partial charge in [-0.3, -0.25) is 5.10 Å². The zero-order valence-electron chi connectivity index (χ0n) is 7.88. The van der Waals surface area contributed by atoms with Crippen LogP contribution >= 0.6 is 12.2 Å². The largest absolute Gasteiger partial charge is 0.461 e. The Hall–Kier alpha value is 0.830. The number of nitrogens with one attached hydrogen (secondary N) is 2. The number of nitrogens with zero attached hydrogens (tertiary/aromatic N) is 1. The van der Waals surface area contributed by atoms with Crippen molar-refractivity contribution in [3.63, 3.8) is 0 Å². The van der Waals surface area contributed by atoms with Crippen molar-refractivity contribution in [2.75, 3.05) is 6.61 Å². The molecule has 8 heteroatoms. The maximum Gasteiger partial charge on any atom is 0.362 e. The molecule has 2 radical (unpaired) electrons. The van der Waals surface area contributed by atoms with Gasteiger partial charge in [0, 0.05) is 59.1 Å². The van der Waals surface area contributed by atoms with E-state index in [0.717, 1.165) is 0 Å². The van der Waals surface area contributed by atoms with Crippen LogP contribution in [0.15, 0.2) is 0 Å². The number of esters is 1. The fraction of sp³-hybridized carbons (Fsp3) is 0.400. The van der Waals surface area contributed by atoms with Gasteiger partial charge in [-0.25, -0.2) is 10.0 Å². The molecule has 62 valence electrons. The smallest absolute Gasteiger partial charge is 0.362 e. The van der Waals surface area contributed by atoms with Gasteiger partial charge in [0.25, 0.3) is 0 Å². The molecule has 0 unspecified atom stereocenters. The number of H-pyrrole nitrogens is 2. The topological polar surface area (TPSA) is 70.8 Å². The summed E-state index contributed by atoms with van der Waals surface area (Å²) < 4.78 is 4.93. The molecule has 0 amide bonds. The first kappa shape index (κ1) is 16.3. The van der Waals surface area contributed by atoms with Gasteiger partial charge in [-0.1, -0.05) is 12.2 Å². The van der Waals surface area contributed by atoms with Gasteiger partial charge in [0.1, 0.15) is 0 Å². The van der Waals surface area contributed by atoms with Gasteiger partial charge in [0.15, 0.2) is 4.64 Å². The van der Waals surface area contributed by atoms with E-state index in [1.165, 1.54) is 0 Å². The fourth-order valence-corrected chi connectivity index (χ4v) is 0.757. The first-order valence-electron chi connectivity index (χ1n) is 3.06. The SMILES string of the molecule is CCOC(=O)c1n[nH][nH]c1=S.[Na].[Na]. The maximum atomic E-state index is 10.9. The average molecular weight is 219 g/mol. The van der Waals surface area contributed by atoms with Crippen LogP contribution in [0, 0.1) is 4.64 Å². The Morgan fingerprint density at radius 2 is 2.23 bits per heavy atom. The van der Waals surface area contributed by atoms with E-state index in [2.05, 4.69) is 20.1 Å². The van der Waals surface area contributed by atoms with E-state index in [-0.39, 0.29) is 69.4 Å². The van der Waals surface area contributed by atoms with E-state index in [4.69, 9.17) is 12.2 Å². The Morgan fingerprint density at radius 3 is 2.62 bits per heavy atom. The number of aromatic nitrogens is 3. The number of rotatable bonds is 2. The van der Waals surface area contributed by atoms with Crippen molar-refractivity contribution in [1.29, 1.82) is 0 Å². The Labute approximate surface area is 125 Å².